The van der Waals surface area contributed by atoms with Crippen LogP contribution in [0.1, 0.15) is 48.3 Å². The summed E-state index contributed by atoms with van der Waals surface area (Å²) in [5.74, 6) is 1.68. The van der Waals surface area contributed by atoms with Gasteiger partial charge in [0.15, 0.2) is 0 Å². The quantitative estimate of drug-likeness (QED) is 0.325. The molecule has 2 heterocycles. The summed E-state index contributed by atoms with van der Waals surface area (Å²) < 4.78 is 8.30. The van der Waals surface area contributed by atoms with Gasteiger partial charge in [-0.05, 0) is 54.3 Å². The number of anilines is 1. The summed E-state index contributed by atoms with van der Waals surface area (Å²) in [7, 11) is 0. The molecule has 0 spiro atoms. The van der Waals surface area contributed by atoms with Gasteiger partial charge in [0.2, 0.25) is 0 Å². The fourth-order valence-electron chi connectivity index (χ4n) is 4.85. The van der Waals surface area contributed by atoms with Crippen LogP contribution >= 0.6 is 0 Å². The molecule has 1 aliphatic rings. The molecule has 0 aliphatic carbocycles. The topological polar surface area (TPSA) is 100 Å². The molecule has 7 heteroatoms. The first-order valence-corrected chi connectivity index (χ1v) is 11.9. The number of para-hydroxylation sites is 2. The Morgan fingerprint density at radius 2 is 2.00 bits per heavy atom. The molecule has 0 saturated heterocycles. The van der Waals surface area contributed by atoms with Crippen molar-refractivity contribution < 1.29 is 14.6 Å². The van der Waals surface area contributed by atoms with Crippen molar-refractivity contribution in [3.05, 3.63) is 94.3 Å². The monoisotopic (exact) mass is 478 g/mol. The van der Waals surface area contributed by atoms with E-state index in [1.807, 2.05) is 43.3 Å². The lowest BCUT2D eigenvalue weighted by atomic mass is 9.90. The van der Waals surface area contributed by atoms with Crippen LogP contribution in [0.3, 0.4) is 0 Å². The summed E-state index contributed by atoms with van der Waals surface area (Å²) >= 11 is 0. The van der Waals surface area contributed by atoms with Crippen molar-refractivity contribution in [2.75, 3.05) is 5.32 Å². The number of amides is 1. The molecule has 0 radical (unpaired) electrons. The maximum Gasteiger partial charge on any atom is 0.409 e. The third-order valence-corrected chi connectivity index (χ3v) is 6.44. The number of aryl methyl sites for hydroxylation is 1. The fraction of sp³-hybridized carbons (Fsp3) is 0.207. The molecular weight excluding hydrogens is 452 g/mol. The van der Waals surface area contributed by atoms with E-state index >= 15 is 0 Å². The molecule has 1 aromatic heterocycles. The second kappa shape index (κ2) is 9.59. The van der Waals surface area contributed by atoms with Gasteiger partial charge in [-0.2, -0.15) is 5.26 Å². The first kappa shape index (κ1) is 23.2. The third kappa shape index (κ3) is 4.18. The number of hydrogen-bond acceptors (Lipinski definition) is 4. The van der Waals surface area contributed by atoms with E-state index in [0.29, 0.717) is 29.9 Å². The second-order valence-corrected chi connectivity index (χ2v) is 8.86. The average Bonchev–Trinajstić information content (AvgIpc) is 3.12. The smallest absolute Gasteiger partial charge is 0.409 e. The summed E-state index contributed by atoms with van der Waals surface area (Å²) in [6, 6.07) is 22.0. The van der Waals surface area contributed by atoms with E-state index < -0.39 is 6.09 Å². The lowest BCUT2D eigenvalue weighted by Gasteiger charge is -2.14. The Hall–Kier alpha value is -4.57. The Bertz CT molecular complexity index is 1560. The van der Waals surface area contributed by atoms with E-state index in [9.17, 15) is 15.2 Å². The highest BCUT2D eigenvalue weighted by Gasteiger charge is 2.22. The number of carboxylic acid groups (broad SMARTS) is 1. The molecule has 7 nitrogen and oxygen atoms in total. The lowest BCUT2D eigenvalue weighted by Crippen LogP contribution is -2.08. The molecule has 0 atom stereocenters. The van der Waals surface area contributed by atoms with Crippen LogP contribution in [0.25, 0.3) is 16.6 Å². The van der Waals surface area contributed by atoms with Crippen LogP contribution in [0.4, 0.5) is 10.5 Å². The number of aromatic nitrogens is 2. The van der Waals surface area contributed by atoms with Crippen LogP contribution in [0.2, 0.25) is 0 Å². The minimum atomic E-state index is -1.11. The van der Waals surface area contributed by atoms with E-state index in [1.165, 1.54) is 0 Å². The van der Waals surface area contributed by atoms with E-state index in [-0.39, 0.29) is 0 Å². The standard InChI is InChI=1S/C29H26N4O3/c1-3-7-26-32-28-23(31-29(34)35)9-6-10-24(28)33(26)16-19-12-13-21-20(14-19)17-36-25-11-5-4-8-22(25)27(21)18(2)15-30/h4-6,8-14,31H,3,7,16-17H2,1-2H3,(H,34,35). The van der Waals surface area contributed by atoms with Gasteiger partial charge in [0.05, 0.1) is 17.3 Å². The van der Waals surface area contributed by atoms with Gasteiger partial charge < -0.3 is 14.4 Å². The maximum absolute atomic E-state index is 11.3. The van der Waals surface area contributed by atoms with Crippen LogP contribution in [-0.4, -0.2) is 20.8 Å². The summed E-state index contributed by atoms with van der Waals surface area (Å²) in [6.45, 7) is 4.93. The van der Waals surface area contributed by atoms with E-state index in [1.54, 1.807) is 6.07 Å². The van der Waals surface area contributed by atoms with Gasteiger partial charge >= 0.3 is 6.09 Å². The Morgan fingerprint density at radius 3 is 2.78 bits per heavy atom. The third-order valence-electron chi connectivity index (χ3n) is 6.44. The molecular formula is C29H26N4O3. The van der Waals surface area contributed by atoms with Crippen LogP contribution in [0, 0.1) is 11.3 Å². The molecule has 1 amide bonds. The van der Waals surface area contributed by atoms with E-state index in [4.69, 9.17) is 9.72 Å². The largest absolute Gasteiger partial charge is 0.488 e. The fourth-order valence-corrected chi connectivity index (χ4v) is 4.85. The summed E-state index contributed by atoms with van der Waals surface area (Å²) in [4.78, 5) is 16.1. The highest BCUT2D eigenvalue weighted by Crippen LogP contribution is 2.39. The van der Waals surface area contributed by atoms with Crippen molar-refractivity contribution in [2.45, 2.75) is 39.8 Å². The number of hydrogen-bond donors (Lipinski definition) is 2. The first-order valence-electron chi connectivity index (χ1n) is 11.9. The molecule has 0 unspecified atom stereocenters. The van der Waals surface area contributed by atoms with Crippen LogP contribution in [-0.2, 0) is 19.6 Å². The Labute approximate surface area is 209 Å². The number of nitrogens with one attached hydrogen (secondary N) is 1. The van der Waals surface area contributed by atoms with Crippen molar-refractivity contribution in [3.8, 4) is 11.8 Å². The van der Waals surface area contributed by atoms with Crippen LogP contribution < -0.4 is 10.1 Å². The molecule has 3 aromatic carbocycles. The van der Waals surface area contributed by atoms with Crippen molar-refractivity contribution >= 4 is 28.4 Å². The summed E-state index contributed by atoms with van der Waals surface area (Å²) in [5.41, 5.74) is 7.56. The first-order chi connectivity index (χ1) is 17.5. The van der Waals surface area contributed by atoms with Crippen molar-refractivity contribution in [1.29, 1.82) is 5.26 Å². The molecule has 36 heavy (non-hydrogen) atoms. The van der Waals surface area contributed by atoms with E-state index in [0.717, 1.165) is 57.8 Å². The summed E-state index contributed by atoms with van der Waals surface area (Å²) in [5, 5.41) is 21.4. The van der Waals surface area contributed by atoms with E-state index in [2.05, 4.69) is 41.1 Å². The number of nitriles is 1. The number of fused-ring (bicyclic) bond motifs is 3. The van der Waals surface area contributed by atoms with Crippen molar-refractivity contribution in [3.63, 3.8) is 0 Å². The van der Waals surface area contributed by atoms with Crippen molar-refractivity contribution in [2.24, 2.45) is 0 Å². The highest BCUT2D eigenvalue weighted by atomic mass is 16.5. The predicted molar refractivity (Wildman–Crippen MR) is 139 cm³/mol. The number of imidazole rings is 1. The van der Waals surface area contributed by atoms with Gasteiger partial charge in [0, 0.05) is 29.7 Å². The molecule has 4 aromatic rings. The number of rotatable bonds is 5. The maximum atomic E-state index is 11.3. The highest BCUT2D eigenvalue weighted by molar-refractivity contribution is 5.96. The second-order valence-electron chi connectivity index (χ2n) is 8.86. The number of nitrogens with zero attached hydrogens (tertiary/aromatic N) is 3. The van der Waals surface area contributed by atoms with Gasteiger partial charge in [-0.25, -0.2) is 9.78 Å². The molecule has 2 N–H and O–H groups in total. The SMILES string of the molecule is CCCc1nc2c(NC(=O)O)cccc2n1Cc1ccc2c(c1)COc1ccccc1C2=C(C)C#N. The van der Waals surface area contributed by atoms with Gasteiger partial charge in [0.25, 0.3) is 0 Å². The van der Waals surface area contributed by atoms with Crippen molar-refractivity contribution in [1.82, 2.24) is 9.55 Å². The molecule has 5 rings (SSSR count). The number of allylic oxidation sites excluding steroid dienone is 1. The molecule has 0 saturated carbocycles. The number of ether oxygens (including phenoxy) is 1. The number of benzene rings is 3. The van der Waals surface area contributed by atoms with Crippen LogP contribution in [0.5, 0.6) is 5.75 Å². The normalized spacial score (nSPS) is 13.7. The van der Waals surface area contributed by atoms with Gasteiger partial charge in [-0.3, -0.25) is 5.32 Å². The predicted octanol–water partition coefficient (Wildman–Crippen LogP) is 6.36. The van der Waals surface area contributed by atoms with Gasteiger partial charge in [0.1, 0.15) is 23.7 Å². The minimum Gasteiger partial charge on any atom is -0.488 e. The molecule has 0 fully saturated rings. The summed E-state index contributed by atoms with van der Waals surface area (Å²) in [6.07, 6.45) is 0.583. The minimum absolute atomic E-state index is 0.404. The molecule has 180 valence electrons. The molecule has 0 bridgehead atoms. The zero-order valence-corrected chi connectivity index (χ0v) is 20.2. The van der Waals surface area contributed by atoms with Gasteiger partial charge in [-0.15, -0.1) is 0 Å². The Kier molecular flexibility index (Phi) is 6.17. The lowest BCUT2D eigenvalue weighted by molar-refractivity contribution is 0.210. The zero-order chi connectivity index (χ0) is 25.2. The van der Waals surface area contributed by atoms with Gasteiger partial charge in [-0.1, -0.05) is 43.3 Å². The zero-order valence-electron chi connectivity index (χ0n) is 20.2. The molecule has 1 aliphatic heterocycles. The average molecular weight is 479 g/mol. The van der Waals surface area contributed by atoms with Crippen LogP contribution in [0.15, 0.2) is 66.2 Å². The number of carbonyl (C=O) groups is 1. The Balaban J connectivity index is 1.59. The Morgan fingerprint density at radius 1 is 1.17 bits per heavy atom.